The molecule has 12 heteroatoms. The summed E-state index contributed by atoms with van der Waals surface area (Å²) in [7, 11) is -8.05. The first-order chi connectivity index (χ1) is 18.0. The molecule has 0 unspecified atom stereocenters. The first-order valence-electron chi connectivity index (χ1n) is 11.3. The van der Waals surface area contributed by atoms with Crippen LogP contribution in [0.25, 0.3) is 0 Å². The maximum atomic E-state index is 12.5. The van der Waals surface area contributed by atoms with E-state index in [0.717, 1.165) is 11.1 Å². The molecule has 10 nitrogen and oxygen atoms in total. The Morgan fingerprint density at radius 1 is 0.553 bits per heavy atom. The summed E-state index contributed by atoms with van der Waals surface area (Å²) < 4.78 is 68.7. The molecule has 202 valence electrons. The molecule has 0 bridgehead atoms. The fourth-order valence-corrected chi connectivity index (χ4v) is 4.88. The summed E-state index contributed by atoms with van der Waals surface area (Å²) in [6.07, 6.45) is 0. The van der Waals surface area contributed by atoms with E-state index in [0.29, 0.717) is 0 Å². The van der Waals surface area contributed by atoms with E-state index in [9.17, 15) is 26.4 Å². The van der Waals surface area contributed by atoms with E-state index in [2.05, 4.69) is 0 Å². The van der Waals surface area contributed by atoms with E-state index in [1.165, 1.54) is 48.5 Å². The van der Waals surface area contributed by atoms with Crippen LogP contribution in [0.15, 0.2) is 82.6 Å². The van der Waals surface area contributed by atoms with Gasteiger partial charge in [-0.3, -0.25) is 8.37 Å². The number of aryl methyl sites for hydroxylation is 2. The van der Waals surface area contributed by atoms with Gasteiger partial charge in [-0.1, -0.05) is 47.5 Å². The summed E-state index contributed by atoms with van der Waals surface area (Å²) in [5.41, 5.74) is 1.53. The van der Waals surface area contributed by atoms with Crippen LogP contribution in [0.5, 0.6) is 0 Å². The number of carbonyl (C=O) groups excluding carboxylic acids is 2. The van der Waals surface area contributed by atoms with Gasteiger partial charge >= 0.3 is 11.9 Å². The van der Waals surface area contributed by atoms with Gasteiger partial charge in [0.25, 0.3) is 20.2 Å². The minimum Gasteiger partial charge on any atom is -0.460 e. The van der Waals surface area contributed by atoms with Crippen LogP contribution in [0.4, 0.5) is 0 Å². The van der Waals surface area contributed by atoms with Gasteiger partial charge in [-0.2, -0.15) is 16.8 Å². The molecule has 0 saturated heterocycles. The second kappa shape index (κ2) is 12.8. The van der Waals surface area contributed by atoms with Crippen molar-refractivity contribution < 1.29 is 44.3 Å². The first kappa shape index (κ1) is 29.0. The zero-order valence-corrected chi connectivity index (χ0v) is 22.3. The summed E-state index contributed by atoms with van der Waals surface area (Å²) in [4.78, 5) is 25.0. The number of rotatable bonds is 12. The van der Waals surface area contributed by atoms with Gasteiger partial charge in [0.05, 0.1) is 20.9 Å². The van der Waals surface area contributed by atoms with Crippen LogP contribution in [0.1, 0.15) is 31.8 Å². The van der Waals surface area contributed by atoms with Crippen molar-refractivity contribution in [3.05, 3.63) is 95.1 Å². The SMILES string of the molecule is Cc1ccc(S(=O)(=O)OCCOC(=O)c2ccccc2C(=O)OCCOS(=O)(=O)c2ccc(C)cc2)cc1. The van der Waals surface area contributed by atoms with Gasteiger partial charge < -0.3 is 9.47 Å². The Morgan fingerprint density at radius 3 is 1.24 bits per heavy atom. The molecule has 3 rings (SSSR count). The third-order valence-corrected chi connectivity index (χ3v) is 7.75. The molecule has 38 heavy (non-hydrogen) atoms. The highest BCUT2D eigenvalue weighted by atomic mass is 32.2. The Balaban J connectivity index is 1.50. The molecule has 0 N–H and O–H groups in total. The molecule has 0 atom stereocenters. The number of hydrogen-bond donors (Lipinski definition) is 0. The van der Waals surface area contributed by atoms with Crippen LogP contribution >= 0.6 is 0 Å². The monoisotopic (exact) mass is 562 g/mol. The number of carbonyl (C=O) groups is 2. The number of esters is 2. The Labute approximate surface area is 221 Å². The maximum Gasteiger partial charge on any atom is 0.339 e. The van der Waals surface area contributed by atoms with E-state index in [4.69, 9.17) is 17.8 Å². The van der Waals surface area contributed by atoms with E-state index in [-0.39, 0.29) is 20.9 Å². The molecule has 0 amide bonds. The predicted molar refractivity (Wildman–Crippen MR) is 136 cm³/mol. The Morgan fingerprint density at radius 2 is 0.895 bits per heavy atom. The Hall–Kier alpha value is -3.58. The van der Waals surface area contributed by atoms with Crippen LogP contribution in [0, 0.1) is 13.8 Å². The van der Waals surface area contributed by atoms with Gasteiger partial charge in [-0.25, -0.2) is 9.59 Å². The lowest BCUT2D eigenvalue weighted by Gasteiger charge is -2.11. The Kier molecular flexibility index (Phi) is 9.75. The molecule has 0 fully saturated rings. The molecular weight excluding hydrogens is 536 g/mol. The summed E-state index contributed by atoms with van der Waals surface area (Å²) in [5.74, 6) is -1.79. The molecule has 0 aromatic heterocycles. The van der Waals surface area contributed by atoms with Gasteiger partial charge in [0.1, 0.15) is 26.4 Å². The molecular formula is C26H26O10S2. The van der Waals surface area contributed by atoms with Crippen LogP contribution in [0.2, 0.25) is 0 Å². The topological polar surface area (TPSA) is 139 Å². The van der Waals surface area contributed by atoms with Gasteiger partial charge in [0.2, 0.25) is 0 Å². The van der Waals surface area contributed by atoms with Crippen molar-refractivity contribution in [1.82, 2.24) is 0 Å². The highest BCUT2D eigenvalue weighted by Crippen LogP contribution is 2.16. The van der Waals surface area contributed by atoms with E-state index in [1.54, 1.807) is 24.3 Å². The second-order valence-corrected chi connectivity index (χ2v) is 11.2. The fourth-order valence-electron chi connectivity index (χ4n) is 3.10. The van der Waals surface area contributed by atoms with Crippen LogP contribution in [-0.4, -0.2) is 55.2 Å². The van der Waals surface area contributed by atoms with Crippen molar-refractivity contribution in [3.63, 3.8) is 0 Å². The fraction of sp³-hybridized carbons (Fsp3) is 0.231. The third-order valence-electron chi connectivity index (χ3n) is 5.10. The van der Waals surface area contributed by atoms with E-state index in [1.807, 2.05) is 13.8 Å². The lowest BCUT2D eigenvalue weighted by molar-refractivity contribution is 0.0408. The van der Waals surface area contributed by atoms with Crippen molar-refractivity contribution in [2.75, 3.05) is 26.4 Å². The van der Waals surface area contributed by atoms with Crippen LogP contribution in [-0.2, 0) is 38.1 Å². The predicted octanol–water partition coefficient (Wildman–Crippen LogP) is 3.43. The summed E-state index contributed by atoms with van der Waals surface area (Å²) in [5, 5.41) is 0. The van der Waals surface area contributed by atoms with Crippen molar-refractivity contribution in [2.24, 2.45) is 0 Å². The molecule has 0 aliphatic rings. The van der Waals surface area contributed by atoms with Crippen molar-refractivity contribution in [3.8, 4) is 0 Å². The third kappa shape index (κ3) is 7.96. The van der Waals surface area contributed by atoms with Crippen molar-refractivity contribution in [1.29, 1.82) is 0 Å². The van der Waals surface area contributed by atoms with Gasteiger partial charge in [-0.05, 0) is 50.2 Å². The average Bonchev–Trinajstić information content (AvgIpc) is 2.89. The Bertz CT molecular complexity index is 1360. The minimum absolute atomic E-state index is 0.0295. The highest BCUT2D eigenvalue weighted by Gasteiger charge is 2.21. The molecule has 0 aliphatic carbocycles. The summed E-state index contributed by atoms with van der Waals surface area (Å²) in [6, 6.07) is 17.8. The molecule has 0 spiro atoms. The molecule has 0 radical (unpaired) electrons. The van der Waals surface area contributed by atoms with E-state index < -0.39 is 58.6 Å². The van der Waals surface area contributed by atoms with Crippen LogP contribution < -0.4 is 0 Å². The minimum atomic E-state index is -4.02. The highest BCUT2D eigenvalue weighted by molar-refractivity contribution is 7.87. The quantitative estimate of drug-likeness (QED) is 0.183. The lowest BCUT2D eigenvalue weighted by Crippen LogP contribution is -2.19. The standard InChI is InChI=1S/C26H26O10S2/c1-19-7-11-21(12-8-19)37(29,30)35-17-15-33-25(27)23-5-3-4-6-24(23)26(28)34-16-18-36-38(31,32)22-13-9-20(2)10-14-22/h3-14H,15-18H2,1-2H3. The molecule has 0 heterocycles. The largest absolute Gasteiger partial charge is 0.460 e. The summed E-state index contributed by atoms with van der Waals surface area (Å²) >= 11 is 0. The van der Waals surface area contributed by atoms with Gasteiger partial charge in [0, 0.05) is 0 Å². The first-order valence-corrected chi connectivity index (χ1v) is 14.2. The van der Waals surface area contributed by atoms with Gasteiger partial charge in [0.15, 0.2) is 0 Å². The number of benzene rings is 3. The zero-order chi connectivity index (χ0) is 27.8. The maximum absolute atomic E-state index is 12.5. The number of ether oxygens (including phenoxy) is 2. The molecule has 3 aromatic rings. The summed E-state index contributed by atoms with van der Waals surface area (Å²) in [6.45, 7) is 1.99. The van der Waals surface area contributed by atoms with Crippen molar-refractivity contribution in [2.45, 2.75) is 23.6 Å². The normalized spacial score (nSPS) is 11.6. The molecule has 0 saturated carbocycles. The van der Waals surface area contributed by atoms with E-state index >= 15 is 0 Å². The molecule has 3 aromatic carbocycles. The van der Waals surface area contributed by atoms with Crippen molar-refractivity contribution >= 4 is 32.2 Å². The molecule has 0 aliphatic heterocycles. The smallest absolute Gasteiger partial charge is 0.339 e. The second-order valence-electron chi connectivity index (χ2n) is 8.00. The average molecular weight is 563 g/mol. The zero-order valence-electron chi connectivity index (χ0n) is 20.7. The lowest BCUT2D eigenvalue weighted by atomic mass is 10.1. The van der Waals surface area contributed by atoms with Crippen LogP contribution in [0.3, 0.4) is 0 Å². The van der Waals surface area contributed by atoms with Gasteiger partial charge in [-0.15, -0.1) is 0 Å². The number of hydrogen-bond acceptors (Lipinski definition) is 10.